The van der Waals surface area contributed by atoms with Gasteiger partial charge in [-0.15, -0.1) is 0 Å². The molecular formula is C17H21FN4O2. The molecule has 6 nitrogen and oxygen atoms in total. The number of halogens is 1. The lowest BCUT2D eigenvalue weighted by Crippen LogP contribution is -2.27. The van der Waals surface area contributed by atoms with Crippen LogP contribution in [-0.2, 0) is 11.2 Å². The highest BCUT2D eigenvalue weighted by molar-refractivity contribution is 5.92. The quantitative estimate of drug-likeness (QED) is 0.723. The Morgan fingerprint density at radius 1 is 1.25 bits per heavy atom. The Morgan fingerprint density at radius 2 is 2.04 bits per heavy atom. The van der Waals surface area contributed by atoms with Gasteiger partial charge in [-0.3, -0.25) is 4.79 Å². The van der Waals surface area contributed by atoms with Gasteiger partial charge >= 0.3 is 0 Å². The van der Waals surface area contributed by atoms with Crippen molar-refractivity contribution in [1.82, 2.24) is 15.3 Å². The standard InChI is InChI=1S/C17H21FN4O2/c1-12-11-15(22-17(21-12)20-9-10-24-2)16(23)19-8-7-13-5-3-4-6-14(13)18/h3-6,11H,7-10H2,1-2H3,(H,19,23)(H,20,21,22). The highest BCUT2D eigenvalue weighted by Gasteiger charge is 2.10. The van der Waals surface area contributed by atoms with Gasteiger partial charge in [-0.2, -0.15) is 0 Å². The van der Waals surface area contributed by atoms with Gasteiger partial charge < -0.3 is 15.4 Å². The number of benzene rings is 1. The Bertz CT molecular complexity index is 694. The van der Waals surface area contributed by atoms with E-state index in [0.29, 0.717) is 43.3 Å². The van der Waals surface area contributed by atoms with Crippen molar-refractivity contribution in [3.05, 3.63) is 53.1 Å². The number of methoxy groups -OCH3 is 1. The minimum absolute atomic E-state index is 0.269. The van der Waals surface area contributed by atoms with Crippen LogP contribution >= 0.6 is 0 Å². The first-order valence-electron chi connectivity index (χ1n) is 7.70. The van der Waals surface area contributed by atoms with Gasteiger partial charge in [0.25, 0.3) is 5.91 Å². The Balaban J connectivity index is 1.93. The van der Waals surface area contributed by atoms with Crippen LogP contribution in [0.4, 0.5) is 10.3 Å². The van der Waals surface area contributed by atoms with Crippen LogP contribution in [0.1, 0.15) is 21.7 Å². The van der Waals surface area contributed by atoms with Crippen LogP contribution < -0.4 is 10.6 Å². The number of rotatable bonds is 8. The largest absolute Gasteiger partial charge is 0.383 e. The molecule has 1 aromatic heterocycles. The molecule has 0 aliphatic heterocycles. The van der Waals surface area contributed by atoms with Crippen molar-refractivity contribution >= 4 is 11.9 Å². The van der Waals surface area contributed by atoms with E-state index in [9.17, 15) is 9.18 Å². The van der Waals surface area contributed by atoms with Crippen molar-refractivity contribution in [2.24, 2.45) is 0 Å². The third-order valence-corrected chi connectivity index (χ3v) is 3.31. The number of carbonyl (C=O) groups is 1. The number of hydrogen-bond acceptors (Lipinski definition) is 5. The monoisotopic (exact) mass is 332 g/mol. The summed E-state index contributed by atoms with van der Waals surface area (Å²) in [5.74, 6) is -0.202. The summed E-state index contributed by atoms with van der Waals surface area (Å²) >= 11 is 0. The number of hydrogen-bond donors (Lipinski definition) is 2. The van der Waals surface area contributed by atoms with E-state index in [-0.39, 0.29) is 17.4 Å². The topological polar surface area (TPSA) is 76.1 Å². The van der Waals surface area contributed by atoms with E-state index >= 15 is 0 Å². The molecule has 0 atom stereocenters. The summed E-state index contributed by atoms with van der Waals surface area (Å²) in [6, 6.07) is 8.13. The third-order valence-electron chi connectivity index (χ3n) is 3.31. The summed E-state index contributed by atoms with van der Waals surface area (Å²) in [6.45, 7) is 3.18. The summed E-state index contributed by atoms with van der Waals surface area (Å²) < 4.78 is 18.5. The molecule has 0 fully saturated rings. The van der Waals surface area contributed by atoms with Gasteiger partial charge in [0.2, 0.25) is 5.95 Å². The lowest BCUT2D eigenvalue weighted by atomic mass is 10.1. The number of anilines is 1. The molecule has 0 radical (unpaired) electrons. The SMILES string of the molecule is COCCNc1nc(C)cc(C(=O)NCCc2ccccc2F)n1. The van der Waals surface area contributed by atoms with E-state index in [0.717, 1.165) is 0 Å². The van der Waals surface area contributed by atoms with Crippen molar-refractivity contribution in [3.63, 3.8) is 0 Å². The molecule has 0 saturated carbocycles. The molecule has 0 unspecified atom stereocenters. The molecule has 1 heterocycles. The summed E-state index contributed by atoms with van der Waals surface area (Å²) in [6.07, 6.45) is 0.418. The van der Waals surface area contributed by atoms with Crippen molar-refractivity contribution in [2.45, 2.75) is 13.3 Å². The fourth-order valence-corrected chi connectivity index (χ4v) is 2.13. The maximum atomic E-state index is 13.5. The molecule has 0 spiro atoms. The molecular weight excluding hydrogens is 311 g/mol. The number of amides is 1. The minimum Gasteiger partial charge on any atom is -0.383 e. The van der Waals surface area contributed by atoms with Crippen LogP contribution in [0.2, 0.25) is 0 Å². The fraction of sp³-hybridized carbons (Fsp3) is 0.353. The van der Waals surface area contributed by atoms with Gasteiger partial charge in [0, 0.05) is 25.9 Å². The molecule has 0 aliphatic rings. The van der Waals surface area contributed by atoms with Gasteiger partial charge in [0.05, 0.1) is 6.61 Å². The maximum absolute atomic E-state index is 13.5. The van der Waals surface area contributed by atoms with Crippen LogP contribution in [0.15, 0.2) is 30.3 Å². The van der Waals surface area contributed by atoms with E-state index in [4.69, 9.17) is 4.74 Å². The molecule has 7 heteroatoms. The average molecular weight is 332 g/mol. The minimum atomic E-state index is -0.313. The lowest BCUT2D eigenvalue weighted by molar-refractivity contribution is 0.0949. The molecule has 1 aromatic carbocycles. The van der Waals surface area contributed by atoms with Crippen LogP contribution in [-0.4, -0.2) is 42.7 Å². The van der Waals surface area contributed by atoms with Crippen LogP contribution in [0, 0.1) is 12.7 Å². The highest BCUT2D eigenvalue weighted by atomic mass is 19.1. The maximum Gasteiger partial charge on any atom is 0.270 e. The molecule has 24 heavy (non-hydrogen) atoms. The zero-order chi connectivity index (χ0) is 17.4. The molecule has 0 bridgehead atoms. The first-order chi connectivity index (χ1) is 11.6. The van der Waals surface area contributed by atoms with E-state index in [1.165, 1.54) is 6.07 Å². The molecule has 2 N–H and O–H groups in total. The number of carbonyl (C=O) groups excluding carboxylic acids is 1. The Kier molecular flexibility index (Phi) is 6.62. The zero-order valence-corrected chi connectivity index (χ0v) is 13.8. The predicted molar refractivity (Wildman–Crippen MR) is 89.6 cm³/mol. The summed E-state index contributed by atoms with van der Waals surface area (Å²) in [5.41, 5.74) is 1.53. The Morgan fingerprint density at radius 3 is 2.79 bits per heavy atom. The number of nitrogens with zero attached hydrogens (tertiary/aromatic N) is 2. The Hall–Kier alpha value is -2.54. The second kappa shape index (κ2) is 8.93. The summed E-state index contributed by atoms with van der Waals surface area (Å²) in [7, 11) is 1.60. The predicted octanol–water partition coefficient (Wildman–Crippen LogP) is 1.95. The molecule has 0 saturated heterocycles. The second-order valence-corrected chi connectivity index (χ2v) is 5.24. The molecule has 1 amide bonds. The van der Waals surface area contributed by atoms with E-state index in [1.807, 2.05) is 0 Å². The van der Waals surface area contributed by atoms with Gasteiger partial charge in [0.15, 0.2) is 0 Å². The molecule has 2 aromatic rings. The highest BCUT2D eigenvalue weighted by Crippen LogP contribution is 2.07. The third kappa shape index (κ3) is 5.27. The number of nitrogens with one attached hydrogen (secondary N) is 2. The first kappa shape index (κ1) is 17.8. The molecule has 128 valence electrons. The van der Waals surface area contributed by atoms with Gasteiger partial charge in [-0.25, -0.2) is 14.4 Å². The van der Waals surface area contributed by atoms with Crippen molar-refractivity contribution in [2.75, 3.05) is 32.1 Å². The lowest BCUT2D eigenvalue weighted by Gasteiger charge is -2.09. The van der Waals surface area contributed by atoms with E-state index in [1.54, 1.807) is 38.3 Å². The first-order valence-corrected chi connectivity index (χ1v) is 7.70. The fourth-order valence-electron chi connectivity index (χ4n) is 2.13. The van der Waals surface area contributed by atoms with Gasteiger partial charge in [0.1, 0.15) is 11.5 Å². The summed E-state index contributed by atoms with van der Waals surface area (Å²) in [4.78, 5) is 20.6. The second-order valence-electron chi connectivity index (χ2n) is 5.24. The smallest absolute Gasteiger partial charge is 0.270 e. The zero-order valence-electron chi connectivity index (χ0n) is 13.8. The Labute approximate surface area is 140 Å². The van der Waals surface area contributed by atoms with E-state index < -0.39 is 0 Å². The van der Waals surface area contributed by atoms with Crippen molar-refractivity contribution < 1.29 is 13.9 Å². The van der Waals surface area contributed by atoms with Crippen LogP contribution in [0.3, 0.4) is 0 Å². The van der Waals surface area contributed by atoms with Gasteiger partial charge in [-0.05, 0) is 31.0 Å². The van der Waals surface area contributed by atoms with Crippen molar-refractivity contribution in [1.29, 1.82) is 0 Å². The van der Waals surface area contributed by atoms with Crippen LogP contribution in [0.5, 0.6) is 0 Å². The molecule has 2 rings (SSSR count). The summed E-state index contributed by atoms with van der Waals surface area (Å²) in [5, 5.41) is 5.74. The normalized spacial score (nSPS) is 10.5. The number of ether oxygens (including phenoxy) is 1. The molecule has 0 aliphatic carbocycles. The average Bonchev–Trinajstić information content (AvgIpc) is 2.56. The van der Waals surface area contributed by atoms with Crippen molar-refractivity contribution in [3.8, 4) is 0 Å². The van der Waals surface area contributed by atoms with Gasteiger partial charge in [-0.1, -0.05) is 18.2 Å². The number of aromatic nitrogens is 2. The number of aryl methyl sites for hydroxylation is 1. The van der Waals surface area contributed by atoms with E-state index in [2.05, 4.69) is 20.6 Å². The van der Waals surface area contributed by atoms with Crippen LogP contribution in [0.25, 0.3) is 0 Å².